The number of benzene rings is 1. The number of halogens is 2. The standard InChI is InChI=1S/C19H19Cl2N3O4/c1-27-18(25)13(9-10-3-7-12(20)8-4-10)22-17-14(21)15(19(26)28-2)23-16(24-17)11-5-6-11/h3-4,7-8,11,13H,5-6,9H2,1-2H3,(H,22,23,24). The highest BCUT2D eigenvalue weighted by Crippen LogP contribution is 2.40. The van der Waals surface area contributed by atoms with Crippen molar-refractivity contribution in [2.24, 2.45) is 0 Å². The summed E-state index contributed by atoms with van der Waals surface area (Å²) in [7, 11) is 2.55. The quantitative estimate of drug-likeness (QED) is 0.679. The van der Waals surface area contributed by atoms with Crippen LogP contribution in [0.1, 0.15) is 40.6 Å². The molecule has 9 heteroatoms. The molecule has 1 heterocycles. The molecule has 0 saturated heterocycles. The van der Waals surface area contributed by atoms with Gasteiger partial charge in [0.1, 0.15) is 22.7 Å². The van der Waals surface area contributed by atoms with Crippen molar-refractivity contribution in [3.8, 4) is 0 Å². The van der Waals surface area contributed by atoms with Gasteiger partial charge in [0.2, 0.25) is 0 Å². The highest BCUT2D eigenvalue weighted by atomic mass is 35.5. The summed E-state index contributed by atoms with van der Waals surface area (Å²) < 4.78 is 9.67. The van der Waals surface area contributed by atoms with Gasteiger partial charge in [0.25, 0.3) is 0 Å². The Bertz CT molecular complexity index is 885. The van der Waals surface area contributed by atoms with Crippen LogP contribution in [-0.4, -0.2) is 42.2 Å². The van der Waals surface area contributed by atoms with Crippen LogP contribution >= 0.6 is 23.2 Å². The third kappa shape index (κ3) is 4.72. The summed E-state index contributed by atoms with van der Waals surface area (Å²) in [5.41, 5.74) is 0.840. The van der Waals surface area contributed by atoms with E-state index < -0.39 is 18.0 Å². The molecule has 0 aliphatic heterocycles. The van der Waals surface area contributed by atoms with Gasteiger partial charge in [-0.15, -0.1) is 0 Å². The van der Waals surface area contributed by atoms with Crippen molar-refractivity contribution in [2.45, 2.75) is 31.2 Å². The first kappa shape index (κ1) is 20.4. The molecule has 1 atom stereocenters. The van der Waals surface area contributed by atoms with Gasteiger partial charge in [-0.05, 0) is 30.5 Å². The van der Waals surface area contributed by atoms with Gasteiger partial charge >= 0.3 is 11.9 Å². The number of aromatic nitrogens is 2. The lowest BCUT2D eigenvalue weighted by Gasteiger charge is -2.19. The van der Waals surface area contributed by atoms with Crippen LogP contribution in [0.4, 0.5) is 5.82 Å². The zero-order valence-corrected chi connectivity index (χ0v) is 16.9. The van der Waals surface area contributed by atoms with Crippen molar-refractivity contribution in [1.82, 2.24) is 9.97 Å². The number of ether oxygens (including phenoxy) is 2. The first-order chi connectivity index (χ1) is 13.4. The predicted molar refractivity (Wildman–Crippen MR) is 105 cm³/mol. The minimum Gasteiger partial charge on any atom is -0.467 e. The largest absolute Gasteiger partial charge is 0.467 e. The van der Waals surface area contributed by atoms with Gasteiger partial charge in [-0.25, -0.2) is 19.6 Å². The third-order valence-corrected chi connectivity index (χ3v) is 4.95. The van der Waals surface area contributed by atoms with E-state index in [9.17, 15) is 9.59 Å². The molecular formula is C19H19Cl2N3O4. The van der Waals surface area contributed by atoms with Crippen molar-refractivity contribution in [3.63, 3.8) is 0 Å². The van der Waals surface area contributed by atoms with Crippen LogP contribution in [0.15, 0.2) is 24.3 Å². The number of anilines is 1. The molecule has 1 aromatic carbocycles. The number of hydrogen-bond donors (Lipinski definition) is 1. The Balaban J connectivity index is 1.92. The van der Waals surface area contributed by atoms with Gasteiger partial charge in [-0.1, -0.05) is 35.3 Å². The van der Waals surface area contributed by atoms with Gasteiger partial charge in [-0.2, -0.15) is 0 Å². The monoisotopic (exact) mass is 423 g/mol. The number of esters is 2. The highest BCUT2D eigenvalue weighted by molar-refractivity contribution is 6.35. The Morgan fingerprint density at radius 3 is 2.39 bits per heavy atom. The van der Waals surface area contributed by atoms with Crippen LogP contribution in [-0.2, 0) is 20.7 Å². The Hall–Kier alpha value is -2.38. The third-order valence-electron chi connectivity index (χ3n) is 4.34. The van der Waals surface area contributed by atoms with E-state index in [0.29, 0.717) is 17.3 Å². The van der Waals surface area contributed by atoms with Crippen LogP contribution in [0, 0.1) is 0 Å². The van der Waals surface area contributed by atoms with E-state index in [0.717, 1.165) is 18.4 Å². The Kier molecular flexibility index (Phi) is 6.36. The Labute approximate surface area is 172 Å². The lowest BCUT2D eigenvalue weighted by Crippen LogP contribution is -2.33. The lowest BCUT2D eigenvalue weighted by molar-refractivity contribution is -0.141. The van der Waals surface area contributed by atoms with E-state index >= 15 is 0 Å². The number of methoxy groups -OCH3 is 2. The Morgan fingerprint density at radius 2 is 1.82 bits per heavy atom. The van der Waals surface area contributed by atoms with E-state index in [-0.39, 0.29) is 22.5 Å². The summed E-state index contributed by atoms with van der Waals surface area (Å²) >= 11 is 12.3. The zero-order valence-electron chi connectivity index (χ0n) is 15.4. The summed E-state index contributed by atoms with van der Waals surface area (Å²) in [4.78, 5) is 33.0. The predicted octanol–water partition coefficient (Wildman–Crippen LogP) is 3.64. The molecule has 0 spiro atoms. The van der Waals surface area contributed by atoms with Gasteiger partial charge in [0.15, 0.2) is 5.69 Å². The van der Waals surface area contributed by atoms with E-state index in [2.05, 4.69) is 15.3 Å². The fraction of sp³-hybridized carbons (Fsp3) is 0.368. The molecule has 2 aromatic rings. The second-order valence-electron chi connectivity index (χ2n) is 6.41. The van der Waals surface area contributed by atoms with Gasteiger partial charge in [0.05, 0.1) is 14.2 Å². The number of hydrogen-bond acceptors (Lipinski definition) is 7. The van der Waals surface area contributed by atoms with E-state index in [4.69, 9.17) is 32.7 Å². The summed E-state index contributed by atoms with van der Waals surface area (Å²) in [5, 5.41) is 3.61. The molecule has 1 aliphatic rings. The molecule has 28 heavy (non-hydrogen) atoms. The Morgan fingerprint density at radius 1 is 1.14 bits per heavy atom. The molecule has 7 nitrogen and oxygen atoms in total. The zero-order chi connectivity index (χ0) is 20.3. The average Bonchev–Trinajstić information content (AvgIpc) is 3.54. The summed E-state index contributed by atoms with van der Waals surface area (Å²) in [5.74, 6) is -0.276. The van der Waals surface area contributed by atoms with Crippen molar-refractivity contribution < 1.29 is 19.1 Å². The topological polar surface area (TPSA) is 90.4 Å². The van der Waals surface area contributed by atoms with Crippen molar-refractivity contribution >= 4 is 41.0 Å². The molecule has 3 rings (SSSR count). The molecule has 1 unspecified atom stereocenters. The minimum atomic E-state index is -0.767. The molecule has 1 N–H and O–H groups in total. The lowest BCUT2D eigenvalue weighted by atomic mass is 10.1. The van der Waals surface area contributed by atoms with Crippen LogP contribution in [0.5, 0.6) is 0 Å². The normalized spacial score (nSPS) is 14.3. The van der Waals surface area contributed by atoms with E-state index in [1.807, 2.05) is 12.1 Å². The van der Waals surface area contributed by atoms with E-state index in [1.165, 1.54) is 14.2 Å². The number of carbonyl (C=O) groups is 2. The maximum atomic E-state index is 12.3. The first-order valence-electron chi connectivity index (χ1n) is 8.67. The second-order valence-corrected chi connectivity index (χ2v) is 7.22. The first-order valence-corrected chi connectivity index (χ1v) is 9.43. The highest BCUT2D eigenvalue weighted by Gasteiger charge is 2.31. The molecule has 1 aromatic heterocycles. The fourth-order valence-electron chi connectivity index (χ4n) is 2.67. The molecule has 0 amide bonds. The molecule has 0 bridgehead atoms. The van der Waals surface area contributed by atoms with Crippen LogP contribution in [0.2, 0.25) is 10.0 Å². The van der Waals surface area contributed by atoms with Crippen molar-refractivity contribution in [3.05, 3.63) is 51.4 Å². The molecule has 1 saturated carbocycles. The number of nitrogens with zero attached hydrogens (tertiary/aromatic N) is 2. The number of rotatable bonds is 7. The second kappa shape index (κ2) is 8.75. The maximum Gasteiger partial charge on any atom is 0.358 e. The molecule has 148 valence electrons. The summed E-state index contributed by atoms with van der Waals surface area (Å²) in [6, 6.07) is 6.34. The van der Waals surface area contributed by atoms with Crippen LogP contribution in [0.3, 0.4) is 0 Å². The molecule has 1 fully saturated rings. The van der Waals surface area contributed by atoms with Crippen molar-refractivity contribution in [1.29, 1.82) is 0 Å². The summed E-state index contributed by atoms with van der Waals surface area (Å²) in [6.45, 7) is 0. The maximum absolute atomic E-state index is 12.3. The molecule has 0 radical (unpaired) electrons. The number of nitrogens with one attached hydrogen (secondary N) is 1. The van der Waals surface area contributed by atoms with Gasteiger partial charge < -0.3 is 14.8 Å². The van der Waals surface area contributed by atoms with Crippen LogP contribution in [0.25, 0.3) is 0 Å². The van der Waals surface area contributed by atoms with E-state index in [1.54, 1.807) is 12.1 Å². The molecular weight excluding hydrogens is 405 g/mol. The van der Waals surface area contributed by atoms with Crippen molar-refractivity contribution in [2.75, 3.05) is 19.5 Å². The SMILES string of the molecule is COC(=O)c1nc(C2CC2)nc(NC(Cc2ccc(Cl)cc2)C(=O)OC)c1Cl. The molecule has 1 aliphatic carbocycles. The summed E-state index contributed by atoms with van der Waals surface area (Å²) in [6.07, 6.45) is 2.19. The van der Waals surface area contributed by atoms with Crippen LogP contribution < -0.4 is 5.32 Å². The fourth-order valence-corrected chi connectivity index (χ4v) is 3.02. The smallest absolute Gasteiger partial charge is 0.358 e. The average molecular weight is 424 g/mol. The minimum absolute atomic E-state index is 0.00117. The number of carbonyl (C=O) groups excluding carboxylic acids is 2. The van der Waals surface area contributed by atoms with Gasteiger partial charge in [-0.3, -0.25) is 0 Å². The van der Waals surface area contributed by atoms with Gasteiger partial charge in [0, 0.05) is 17.4 Å².